The minimum absolute atomic E-state index is 0.346. The molecule has 1 saturated heterocycles. The van der Waals surface area contributed by atoms with E-state index in [0.29, 0.717) is 17.4 Å². The van der Waals surface area contributed by atoms with Gasteiger partial charge in [0.1, 0.15) is 0 Å². The van der Waals surface area contributed by atoms with Crippen LogP contribution in [0.4, 0.5) is 0 Å². The van der Waals surface area contributed by atoms with Crippen molar-refractivity contribution in [1.29, 1.82) is 0 Å². The van der Waals surface area contributed by atoms with E-state index >= 15 is 0 Å². The van der Waals surface area contributed by atoms with Crippen molar-refractivity contribution in [2.24, 2.45) is 16.3 Å². The van der Waals surface area contributed by atoms with Crippen LogP contribution in [0.1, 0.15) is 48.0 Å². The van der Waals surface area contributed by atoms with Crippen LogP contribution in [0.15, 0.2) is 4.99 Å². The van der Waals surface area contributed by atoms with Crippen LogP contribution in [0.2, 0.25) is 0 Å². The molecule has 5 heteroatoms. The van der Waals surface area contributed by atoms with E-state index in [0.717, 1.165) is 58.3 Å². The van der Waals surface area contributed by atoms with Crippen LogP contribution in [0.3, 0.4) is 0 Å². The fourth-order valence-corrected chi connectivity index (χ4v) is 2.74. The third kappa shape index (κ3) is 8.56. The van der Waals surface area contributed by atoms with Crippen LogP contribution in [-0.4, -0.2) is 62.8 Å². The van der Waals surface area contributed by atoms with Gasteiger partial charge in [-0.05, 0) is 24.7 Å². The second kappa shape index (κ2) is 10.1. The maximum Gasteiger partial charge on any atom is 0.191 e. The third-order valence-electron chi connectivity index (χ3n) is 4.23. The van der Waals surface area contributed by atoms with Gasteiger partial charge in [-0.15, -0.1) is 0 Å². The summed E-state index contributed by atoms with van der Waals surface area (Å²) in [6.45, 7) is 19.9. The van der Waals surface area contributed by atoms with Gasteiger partial charge in [-0.2, -0.15) is 0 Å². The molecule has 0 bridgehead atoms. The van der Waals surface area contributed by atoms with Crippen molar-refractivity contribution in [2.75, 3.05) is 45.9 Å². The van der Waals surface area contributed by atoms with E-state index in [1.54, 1.807) is 0 Å². The predicted octanol–water partition coefficient (Wildman–Crippen LogP) is 2.33. The van der Waals surface area contributed by atoms with Gasteiger partial charge in [0, 0.05) is 32.2 Å². The SMILES string of the molecule is CCNC(=NCC(C(C)C)N1CCOCC1)NCCC(C)(C)C. The van der Waals surface area contributed by atoms with Crippen LogP contribution in [0, 0.1) is 11.3 Å². The Labute approximate surface area is 143 Å². The Kier molecular flexibility index (Phi) is 8.92. The van der Waals surface area contributed by atoms with Gasteiger partial charge >= 0.3 is 0 Å². The highest BCUT2D eigenvalue weighted by atomic mass is 16.5. The molecule has 0 spiro atoms. The zero-order valence-electron chi connectivity index (χ0n) is 16.1. The molecule has 1 rings (SSSR count). The lowest BCUT2D eigenvalue weighted by Gasteiger charge is -2.36. The molecule has 0 aromatic rings. The summed E-state index contributed by atoms with van der Waals surface area (Å²) < 4.78 is 5.48. The van der Waals surface area contributed by atoms with Gasteiger partial charge in [-0.3, -0.25) is 9.89 Å². The molecule has 1 fully saturated rings. The fourth-order valence-electron chi connectivity index (χ4n) is 2.74. The third-order valence-corrected chi connectivity index (χ3v) is 4.23. The first-order chi connectivity index (χ1) is 10.8. The molecular weight excluding hydrogens is 288 g/mol. The number of hydrogen-bond acceptors (Lipinski definition) is 3. The molecule has 1 aliphatic heterocycles. The number of rotatable bonds is 7. The molecular formula is C18H38N4O. The zero-order chi connectivity index (χ0) is 17.3. The molecule has 2 N–H and O–H groups in total. The molecule has 0 aromatic heterocycles. The highest BCUT2D eigenvalue weighted by molar-refractivity contribution is 5.79. The lowest BCUT2D eigenvalue weighted by molar-refractivity contribution is 0.00867. The van der Waals surface area contributed by atoms with Crippen LogP contribution in [0.5, 0.6) is 0 Å². The molecule has 1 aliphatic rings. The van der Waals surface area contributed by atoms with Crippen molar-refractivity contribution >= 4 is 5.96 Å². The van der Waals surface area contributed by atoms with Crippen LogP contribution in [-0.2, 0) is 4.74 Å². The van der Waals surface area contributed by atoms with Gasteiger partial charge in [-0.1, -0.05) is 34.6 Å². The summed E-state index contributed by atoms with van der Waals surface area (Å²) in [6.07, 6.45) is 1.13. The maximum absolute atomic E-state index is 5.48. The Morgan fingerprint density at radius 2 is 1.83 bits per heavy atom. The highest BCUT2D eigenvalue weighted by Crippen LogP contribution is 2.17. The molecule has 0 radical (unpaired) electrons. The van der Waals surface area contributed by atoms with Crippen molar-refractivity contribution in [2.45, 2.75) is 54.0 Å². The lowest BCUT2D eigenvalue weighted by Crippen LogP contribution is -2.48. The smallest absolute Gasteiger partial charge is 0.191 e. The molecule has 1 atom stereocenters. The molecule has 0 aromatic carbocycles. The van der Waals surface area contributed by atoms with Crippen molar-refractivity contribution in [3.8, 4) is 0 Å². The number of morpholine rings is 1. The van der Waals surface area contributed by atoms with Gasteiger partial charge < -0.3 is 15.4 Å². The summed E-state index contributed by atoms with van der Waals surface area (Å²) >= 11 is 0. The zero-order valence-corrected chi connectivity index (χ0v) is 16.1. The van der Waals surface area contributed by atoms with Crippen molar-refractivity contribution in [1.82, 2.24) is 15.5 Å². The van der Waals surface area contributed by atoms with Crippen LogP contribution >= 0.6 is 0 Å². The molecule has 0 saturated carbocycles. The quantitative estimate of drug-likeness (QED) is 0.557. The van der Waals surface area contributed by atoms with Gasteiger partial charge in [0.2, 0.25) is 0 Å². The Balaban J connectivity index is 2.57. The van der Waals surface area contributed by atoms with E-state index < -0.39 is 0 Å². The predicted molar refractivity (Wildman–Crippen MR) is 99.1 cm³/mol. The summed E-state index contributed by atoms with van der Waals surface area (Å²) in [5.74, 6) is 1.53. The van der Waals surface area contributed by atoms with Crippen LogP contribution in [0.25, 0.3) is 0 Å². The Hall–Kier alpha value is -0.810. The highest BCUT2D eigenvalue weighted by Gasteiger charge is 2.23. The topological polar surface area (TPSA) is 48.9 Å². The minimum atomic E-state index is 0.346. The molecule has 0 amide bonds. The maximum atomic E-state index is 5.48. The normalized spacial score (nSPS) is 19.0. The van der Waals surface area contributed by atoms with E-state index in [2.05, 4.69) is 57.1 Å². The van der Waals surface area contributed by atoms with Crippen molar-refractivity contribution < 1.29 is 4.74 Å². The second-order valence-corrected chi connectivity index (χ2v) is 7.92. The van der Waals surface area contributed by atoms with Crippen LogP contribution < -0.4 is 10.6 Å². The monoisotopic (exact) mass is 326 g/mol. The molecule has 136 valence electrons. The number of guanidine groups is 1. The number of ether oxygens (including phenoxy) is 1. The molecule has 23 heavy (non-hydrogen) atoms. The average molecular weight is 327 g/mol. The van der Waals surface area contributed by atoms with E-state index in [1.807, 2.05) is 0 Å². The Morgan fingerprint density at radius 3 is 2.35 bits per heavy atom. The van der Waals surface area contributed by atoms with Gasteiger partial charge in [0.15, 0.2) is 5.96 Å². The summed E-state index contributed by atoms with van der Waals surface area (Å²) in [6, 6.07) is 0.483. The van der Waals surface area contributed by atoms with Gasteiger partial charge in [0.25, 0.3) is 0 Å². The average Bonchev–Trinajstić information content (AvgIpc) is 2.47. The first kappa shape index (κ1) is 20.2. The number of nitrogens with one attached hydrogen (secondary N) is 2. The second-order valence-electron chi connectivity index (χ2n) is 7.92. The molecule has 1 heterocycles. The molecule has 5 nitrogen and oxygen atoms in total. The van der Waals surface area contributed by atoms with Crippen molar-refractivity contribution in [3.05, 3.63) is 0 Å². The summed E-state index contributed by atoms with van der Waals surface area (Å²) in [4.78, 5) is 7.37. The Bertz CT molecular complexity index is 343. The lowest BCUT2D eigenvalue weighted by atomic mass is 9.92. The standard InChI is InChI=1S/C18H38N4O/c1-7-19-17(20-9-8-18(4,5)6)21-14-16(15(2)3)22-10-12-23-13-11-22/h15-16H,7-14H2,1-6H3,(H2,19,20,21). The number of nitrogens with zero attached hydrogens (tertiary/aromatic N) is 2. The van der Waals surface area contributed by atoms with E-state index in [4.69, 9.17) is 9.73 Å². The summed E-state index contributed by atoms with van der Waals surface area (Å²) in [7, 11) is 0. The Morgan fingerprint density at radius 1 is 1.17 bits per heavy atom. The number of hydrogen-bond donors (Lipinski definition) is 2. The fraction of sp³-hybridized carbons (Fsp3) is 0.944. The van der Waals surface area contributed by atoms with Gasteiger partial charge in [0.05, 0.1) is 19.8 Å². The largest absolute Gasteiger partial charge is 0.379 e. The summed E-state index contributed by atoms with van der Waals surface area (Å²) in [5.41, 5.74) is 0.346. The molecule has 0 aliphatic carbocycles. The first-order valence-corrected chi connectivity index (χ1v) is 9.17. The minimum Gasteiger partial charge on any atom is -0.379 e. The van der Waals surface area contributed by atoms with E-state index in [-0.39, 0.29) is 0 Å². The van der Waals surface area contributed by atoms with Gasteiger partial charge in [-0.25, -0.2) is 0 Å². The first-order valence-electron chi connectivity index (χ1n) is 9.17. The summed E-state index contributed by atoms with van der Waals surface area (Å²) in [5, 5.41) is 6.83. The van der Waals surface area contributed by atoms with E-state index in [9.17, 15) is 0 Å². The van der Waals surface area contributed by atoms with Crippen molar-refractivity contribution in [3.63, 3.8) is 0 Å². The number of aliphatic imine (C=N–C) groups is 1. The van der Waals surface area contributed by atoms with E-state index in [1.165, 1.54) is 0 Å². The molecule has 1 unspecified atom stereocenters.